The summed E-state index contributed by atoms with van der Waals surface area (Å²) < 4.78 is 24.4. The van der Waals surface area contributed by atoms with Gasteiger partial charge in [0.15, 0.2) is 9.84 Å². The van der Waals surface area contributed by atoms with Crippen molar-refractivity contribution in [3.8, 4) is 6.07 Å². The molecule has 0 aromatic heterocycles. The van der Waals surface area contributed by atoms with E-state index in [0.717, 1.165) is 24.0 Å². The van der Waals surface area contributed by atoms with Gasteiger partial charge in [-0.25, -0.2) is 8.42 Å². The van der Waals surface area contributed by atoms with Gasteiger partial charge in [-0.15, -0.1) is 0 Å². The Balaban J connectivity index is 2.63. The molecule has 1 rings (SSSR count). The lowest BCUT2D eigenvalue weighted by Crippen LogP contribution is -2.11. The van der Waals surface area contributed by atoms with Crippen LogP contribution < -0.4 is 0 Å². The number of nitrogens with zero attached hydrogens (tertiary/aromatic N) is 1. The third-order valence-electron chi connectivity index (χ3n) is 3.60. The van der Waals surface area contributed by atoms with Crippen molar-refractivity contribution in [2.75, 3.05) is 5.75 Å². The first-order valence-electron chi connectivity index (χ1n) is 6.89. The number of nitriles is 1. The van der Waals surface area contributed by atoms with Crippen LogP contribution in [-0.2, 0) is 9.84 Å². The van der Waals surface area contributed by atoms with Gasteiger partial charge in [0.05, 0.1) is 22.1 Å². The van der Waals surface area contributed by atoms with Gasteiger partial charge >= 0.3 is 0 Å². The number of hydrogen-bond acceptors (Lipinski definition) is 3. The van der Waals surface area contributed by atoms with Gasteiger partial charge < -0.3 is 0 Å². The number of unbranched alkanes of at least 4 members (excludes halogenated alkanes) is 1. The highest BCUT2D eigenvalue weighted by Crippen LogP contribution is 2.23. The van der Waals surface area contributed by atoms with E-state index in [0.29, 0.717) is 11.3 Å². The molecule has 0 aliphatic heterocycles. The van der Waals surface area contributed by atoms with Gasteiger partial charge in [0, 0.05) is 0 Å². The molecule has 0 amide bonds. The quantitative estimate of drug-likeness (QED) is 0.750. The second kappa shape index (κ2) is 6.41. The molecule has 0 radical (unpaired) electrons. The lowest BCUT2D eigenvalue weighted by atomic mass is 9.89. The highest BCUT2D eigenvalue weighted by molar-refractivity contribution is 7.91. The van der Waals surface area contributed by atoms with E-state index in [1.807, 2.05) is 33.8 Å². The largest absolute Gasteiger partial charge is 0.224 e. The monoisotopic (exact) mass is 293 g/mol. The molecule has 0 N–H and O–H groups in total. The standard InChI is InChI=1S/C16H23NO2S/c1-13-7-8-15(11-14(13)2)20(18,19)10-6-5-9-16(3,4)12-17/h7-8,11H,5-6,9-10H2,1-4H3. The van der Waals surface area contributed by atoms with Crippen molar-refractivity contribution in [3.05, 3.63) is 29.3 Å². The Labute approximate surface area is 122 Å². The maximum Gasteiger partial charge on any atom is 0.178 e. The van der Waals surface area contributed by atoms with Crippen LogP contribution in [0.1, 0.15) is 44.2 Å². The van der Waals surface area contributed by atoms with E-state index in [1.54, 1.807) is 12.1 Å². The molecule has 20 heavy (non-hydrogen) atoms. The van der Waals surface area contributed by atoms with Crippen LogP contribution in [-0.4, -0.2) is 14.2 Å². The maximum absolute atomic E-state index is 12.2. The number of rotatable bonds is 6. The van der Waals surface area contributed by atoms with Gasteiger partial charge in [-0.1, -0.05) is 12.5 Å². The minimum atomic E-state index is -3.21. The Morgan fingerprint density at radius 1 is 1.15 bits per heavy atom. The molecule has 4 heteroatoms. The van der Waals surface area contributed by atoms with Crippen LogP contribution in [0.25, 0.3) is 0 Å². The lowest BCUT2D eigenvalue weighted by Gasteiger charge is -2.14. The summed E-state index contributed by atoms with van der Waals surface area (Å²) in [6.45, 7) is 7.65. The van der Waals surface area contributed by atoms with Crippen LogP contribution >= 0.6 is 0 Å². The zero-order valence-corrected chi connectivity index (χ0v) is 13.5. The Hall–Kier alpha value is -1.34. The molecule has 110 valence electrons. The van der Waals surface area contributed by atoms with Crippen molar-refractivity contribution in [2.24, 2.45) is 5.41 Å². The molecule has 0 aliphatic carbocycles. The van der Waals surface area contributed by atoms with E-state index in [9.17, 15) is 8.42 Å². The zero-order chi connectivity index (χ0) is 15.4. The van der Waals surface area contributed by atoms with Crippen LogP contribution in [0.3, 0.4) is 0 Å². The first kappa shape index (κ1) is 16.7. The van der Waals surface area contributed by atoms with Gasteiger partial charge in [-0.2, -0.15) is 5.26 Å². The first-order valence-corrected chi connectivity index (χ1v) is 8.54. The molecule has 0 heterocycles. The van der Waals surface area contributed by atoms with Crippen molar-refractivity contribution in [1.82, 2.24) is 0 Å². The van der Waals surface area contributed by atoms with Crippen molar-refractivity contribution < 1.29 is 8.42 Å². The molecule has 0 spiro atoms. The Kier molecular flexibility index (Phi) is 5.35. The fraction of sp³-hybridized carbons (Fsp3) is 0.562. The van der Waals surface area contributed by atoms with Gasteiger partial charge in [0.1, 0.15) is 0 Å². The van der Waals surface area contributed by atoms with Crippen LogP contribution in [0, 0.1) is 30.6 Å². The minimum Gasteiger partial charge on any atom is -0.224 e. The van der Waals surface area contributed by atoms with E-state index in [4.69, 9.17) is 5.26 Å². The van der Waals surface area contributed by atoms with Gasteiger partial charge in [-0.05, 0) is 63.8 Å². The second-order valence-corrected chi connectivity index (χ2v) is 8.13. The predicted octanol–water partition coefficient (Wildman–Crippen LogP) is 3.80. The van der Waals surface area contributed by atoms with Crippen LogP contribution in [0.15, 0.2) is 23.1 Å². The molecule has 0 saturated heterocycles. The molecular weight excluding hydrogens is 270 g/mol. The molecule has 0 aliphatic rings. The second-order valence-electron chi connectivity index (χ2n) is 6.02. The van der Waals surface area contributed by atoms with Crippen LogP contribution in [0.2, 0.25) is 0 Å². The molecule has 0 bridgehead atoms. The topological polar surface area (TPSA) is 57.9 Å². The molecule has 0 unspecified atom stereocenters. The minimum absolute atomic E-state index is 0.150. The van der Waals surface area contributed by atoms with E-state index >= 15 is 0 Å². The summed E-state index contributed by atoms with van der Waals surface area (Å²) in [6, 6.07) is 7.50. The first-order chi connectivity index (χ1) is 9.18. The Morgan fingerprint density at radius 2 is 1.80 bits per heavy atom. The highest BCUT2D eigenvalue weighted by Gasteiger charge is 2.18. The lowest BCUT2D eigenvalue weighted by molar-refractivity contribution is 0.431. The third kappa shape index (κ3) is 4.64. The summed E-state index contributed by atoms with van der Waals surface area (Å²) in [4.78, 5) is 0.403. The molecule has 1 aromatic carbocycles. The molecule has 3 nitrogen and oxygen atoms in total. The number of hydrogen-bond donors (Lipinski definition) is 0. The van der Waals surface area contributed by atoms with Crippen molar-refractivity contribution >= 4 is 9.84 Å². The summed E-state index contributed by atoms with van der Waals surface area (Å²) in [6.07, 6.45) is 2.08. The van der Waals surface area contributed by atoms with Crippen molar-refractivity contribution in [3.63, 3.8) is 0 Å². The maximum atomic E-state index is 12.2. The molecule has 0 saturated carbocycles. The fourth-order valence-electron chi connectivity index (χ4n) is 1.94. The van der Waals surface area contributed by atoms with Gasteiger partial charge in [-0.3, -0.25) is 0 Å². The summed E-state index contributed by atoms with van der Waals surface area (Å²) in [5.41, 5.74) is 1.72. The summed E-state index contributed by atoms with van der Waals surface area (Å²) in [5, 5.41) is 8.92. The van der Waals surface area contributed by atoms with Crippen molar-refractivity contribution in [2.45, 2.75) is 51.9 Å². The number of aryl methyl sites for hydroxylation is 2. The molecule has 1 aromatic rings. The van der Waals surface area contributed by atoms with Gasteiger partial charge in [0.2, 0.25) is 0 Å². The number of sulfone groups is 1. The average Bonchev–Trinajstić information content (AvgIpc) is 2.38. The normalized spacial score (nSPS) is 12.2. The molecule has 0 fully saturated rings. The predicted molar refractivity (Wildman–Crippen MR) is 81.2 cm³/mol. The van der Waals surface area contributed by atoms with Crippen LogP contribution in [0.4, 0.5) is 0 Å². The number of benzene rings is 1. The van der Waals surface area contributed by atoms with Crippen LogP contribution in [0.5, 0.6) is 0 Å². The Bertz CT molecular complexity index is 610. The van der Waals surface area contributed by atoms with E-state index in [-0.39, 0.29) is 11.2 Å². The van der Waals surface area contributed by atoms with E-state index in [1.165, 1.54) is 0 Å². The smallest absolute Gasteiger partial charge is 0.178 e. The van der Waals surface area contributed by atoms with E-state index in [2.05, 4.69) is 6.07 Å². The van der Waals surface area contributed by atoms with E-state index < -0.39 is 9.84 Å². The highest BCUT2D eigenvalue weighted by atomic mass is 32.2. The Morgan fingerprint density at radius 3 is 2.35 bits per heavy atom. The summed E-state index contributed by atoms with van der Waals surface area (Å²) >= 11 is 0. The fourth-order valence-corrected chi connectivity index (χ4v) is 3.39. The summed E-state index contributed by atoms with van der Waals surface area (Å²) in [5.74, 6) is 0.150. The average molecular weight is 293 g/mol. The third-order valence-corrected chi connectivity index (χ3v) is 5.40. The SMILES string of the molecule is Cc1ccc(S(=O)(=O)CCCCC(C)(C)C#N)cc1C. The van der Waals surface area contributed by atoms with Gasteiger partial charge in [0.25, 0.3) is 0 Å². The molecule has 0 atom stereocenters. The summed E-state index contributed by atoms with van der Waals surface area (Å²) in [7, 11) is -3.21. The molecular formula is C16H23NO2S. The van der Waals surface area contributed by atoms with Crippen molar-refractivity contribution in [1.29, 1.82) is 5.26 Å². The zero-order valence-electron chi connectivity index (χ0n) is 12.7.